The number of hydrogen-bond acceptors (Lipinski definition) is 2. The summed E-state index contributed by atoms with van der Waals surface area (Å²) in [7, 11) is 0. The van der Waals surface area contributed by atoms with Crippen LogP contribution in [0.15, 0.2) is 0 Å². The fraction of sp³-hybridized carbons (Fsp3) is 0.833. The molecule has 0 fully saturated rings. The molecule has 3 nitrogen and oxygen atoms in total. The van der Waals surface area contributed by atoms with Gasteiger partial charge in [0.25, 0.3) is 0 Å². The summed E-state index contributed by atoms with van der Waals surface area (Å²) in [5.41, 5.74) is -0.00887. The molecule has 0 aliphatic carbocycles. The van der Waals surface area contributed by atoms with Crippen molar-refractivity contribution < 1.29 is 0 Å². The molecule has 1 aromatic rings. The highest BCUT2D eigenvalue weighted by atomic mass is 35.5. The summed E-state index contributed by atoms with van der Waals surface area (Å²) in [6.07, 6.45) is 2.30. The van der Waals surface area contributed by atoms with Gasteiger partial charge in [-0.25, -0.2) is 0 Å². The second kappa shape index (κ2) is 5.17. The average molecular weight is 244 g/mol. The number of rotatable bonds is 4. The minimum Gasteiger partial charge on any atom is -0.308 e. The highest BCUT2D eigenvalue weighted by Gasteiger charge is 2.24. The van der Waals surface area contributed by atoms with Gasteiger partial charge in [0.2, 0.25) is 0 Å². The summed E-state index contributed by atoms with van der Waals surface area (Å²) in [6.45, 7) is 10.9. The monoisotopic (exact) mass is 243 g/mol. The van der Waals surface area contributed by atoms with Crippen molar-refractivity contribution in [3.8, 4) is 0 Å². The first-order chi connectivity index (χ1) is 7.41. The van der Waals surface area contributed by atoms with Crippen LogP contribution in [0.3, 0.4) is 0 Å². The van der Waals surface area contributed by atoms with Gasteiger partial charge in [-0.05, 0) is 27.2 Å². The van der Waals surface area contributed by atoms with E-state index in [4.69, 9.17) is 11.6 Å². The smallest absolute Gasteiger partial charge is 0.148 e. The minimum absolute atomic E-state index is 0.00887. The Morgan fingerprint density at radius 1 is 1.31 bits per heavy atom. The molecule has 0 bridgehead atoms. The van der Waals surface area contributed by atoms with Crippen molar-refractivity contribution in [2.45, 2.75) is 64.8 Å². The second-order valence-electron chi connectivity index (χ2n) is 5.30. The Balaban J connectivity index is 3.15. The molecule has 16 heavy (non-hydrogen) atoms. The van der Waals surface area contributed by atoms with E-state index in [0.29, 0.717) is 11.8 Å². The number of nitrogens with zero attached hydrogens (tertiary/aromatic N) is 3. The van der Waals surface area contributed by atoms with E-state index in [1.54, 1.807) is 0 Å². The van der Waals surface area contributed by atoms with E-state index in [9.17, 15) is 0 Å². The summed E-state index contributed by atoms with van der Waals surface area (Å²) in [5, 5.41) is 8.49. The Morgan fingerprint density at radius 3 is 2.38 bits per heavy atom. The van der Waals surface area contributed by atoms with Gasteiger partial charge in [0, 0.05) is 11.5 Å². The number of alkyl halides is 1. The summed E-state index contributed by atoms with van der Waals surface area (Å²) in [4.78, 5) is 0. The Kier molecular flexibility index (Phi) is 4.36. The summed E-state index contributed by atoms with van der Waals surface area (Å²) < 4.78 is 2.18. The molecule has 0 saturated carbocycles. The van der Waals surface area contributed by atoms with Crippen LogP contribution in [0, 0.1) is 0 Å². The molecule has 0 radical (unpaired) electrons. The van der Waals surface area contributed by atoms with Crippen molar-refractivity contribution in [3.63, 3.8) is 0 Å². The van der Waals surface area contributed by atoms with E-state index in [1.165, 1.54) is 0 Å². The Morgan fingerprint density at radius 2 is 1.94 bits per heavy atom. The molecule has 1 rings (SSSR count). The van der Waals surface area contributed by atoms with Crippen molar-refractivity contribution in [2.75, 3.05) is 0 Å². The molecule has 0 amide bonds. The second-order valence-corrected chi connectivity index (χ2v) is 5.57. The third kappa shape index (κ3) is 2.76. The maximum Gasteiger partial charge on any atom is 0.148 e. The first-order valence-electron chi connectivity index (χ1n) is 5.92. The lowest BCUT2D eigenvalue weighted by Crippen LogP contribution is -2.27. The fourth-order valence-corrected chi connectivity index (χ4v) is 2.20. The van der Waals surface area contributed by atoms with Crippen LogP contribution < -0.4 is 0 Å². The number of halogens is 1. The van der Waals surface area contributed by atoms with Gasteiger partial charge in [-0.2, -0.15) is 0 Å². The predicted octanol–water partition coefficient (Wildman–Crippen LogP) is 3.68. The normalized spacial score (nSPS) is 14.1. The van der Waals surface area contributed by atoms with E-state index in [-0.39, 0.29) is 5.54 Å². The molecule has 4 heteroatoms. The van der Waals surface area contributed by atoms with Crippen molar-refractivity contribution in [2.24, 2.45) is 0 Å². The van der Waals surface area contributed by atoms with Crippen LogP contribution >= 0.6 is 11.6 Å². The van der Waals surface area contributed by atoms with Crippen molar-refractivity contribution in [3.05, 3.63) is 11.6 Å². The van der Waals surface area contributed by atoms with Crippen molar-refractivity contribution in [1.82, 2.24) is 14.8 Å². The van der Waals surface area contributed by atoms with E-state index < -0.39 is 0 Å². The zero-order chi connectivity index (χ0) is 12.3. The number of hydrogen-bond donors (Lipinski definition) is 0. The third-order valence-electron chi connectivity index (χ3n) is 2.71. The molecular weight excluding hydrogens is 222 g/mol. The van der Waals surface area contributed by atoms with E-state index in [1.807, 2.05) is 0 Å². The van der Waals surface area contributed by atoms with Crippen LogP contribution in [-0.2, 0) is 11.4 Å². The molecule has 0 saturated heterocycles. The zero-order valence-electron chi connectivity index (χ0n) is 10.9. The third-order valence-corrected chi connectivity index (χ3v) is 2.95. The van der Waals surface area contributed by atoms with Gasteiger partial charge in [-0.1, -0.05) is 20.3 Å². The summed E-state index contributed by atoms with van der Waals surface area (Å²) >= 11 is 5.91. The molecule has 92 valence electrons. The summed E-state index contributed by atoms with van der Waals surface area (Å²) in [5.74, 6) is 2.79. The quantitative estimate of drug-likeness (QED) is 0.756. The molecule has 0 N–H and O–H groups in total. The molecule has 1 heterocycles. The first-order valence-corrected chi connectivity index (χ1v) is 6.45. The Labute approximate surface area is 103 Å². The summed E-state index contributed by atoms with van der Waals surface area (Å²) in [6, 6.07) is 0. The fourth-order valence-electron chi connectivity index (χ4n) is 2.03. The maximum absolute atomic E-state index is 5.91. The molecule has 0 spiro atoms. The standard InChI is InChI=1S/C12H22ClN3/c1-6-7-9(2)11-15-14-10(8-13)16(11)12(3,4)5/h9H,6-8H2,1-5H3. The molecule has 0 aliphatic rings. The van der Waals surface area contributed by atoms with Crippen LogP contribution in [0.1, 0.15) is 65.0 Å². The lowest BCUT2D eigenvalue weighted by Gasteiger charge is -2.26. The maximum atomic E-state index is 5.91. The molecule has 1 unspecified atom stereocenters. The van der Waals surface area contributed by atoms with Crippen LogP contribution in [0.5, 0.6) is 0 Å². The van der Waals surface area contributed by atoms with Gasteiger partial charge in [0.15, 0.2) is 0 Å². The van der Waals surface area contributed by atoms with E-state index in [0.717, 1.165) is 24.5 Å². The molecule has 0 aliphatic heterocycles. The molecule has 1 aromatic heterocycles. The van der Waals surface area contributed by atoms with Crippen LogP contribution in [0.4, 0.5) is 0 Å². The van der Waals surface area contributed by atoms with E-state index in [2.05, 4.69) is 49.4 Å². The highest BCUT2D eigenvalue weighted by molar-refractivity contribution is 6.16. The van der Waals surface area contributed by atoms with Gasteiger partial charge >= 0.3 is 0 Å². The van der Waals surface area contributed by atoms with Gasteiger partial charge < -0.3 is 4.57 Å². The average Bonchev–Trinajstić information content (AvgIpc) is 2.60. The predicted molar refractivity (Wildman–Crippen MR) is 67.9 cm³/mol. The van der Waals surface area contributed by atoms with Gasteiger partial charge in [-0.3, -0.25) is 0 Å². The Bertz CT molecular complexity index is 339. The SMILES string of the molecule is CCCC(C)c1nnc(CCl)n1C(C)(C)C. The Hall–Kier alpha value is -0.570. The van der Waals surface area contributed by atoms with Crippen LogP contribution in [-0.4, -0.2) is 14.8 Å². The highest BCUT2D eigenvalue weighted by Crippen LogP contribution is 2.26. The van der Waals surface area contributed by atoms with Gasteiger partial charge in [0.05, 0.1) is 5.88 Å². The van der Waals surface area contributed by atoms with Crippen LogP contribution in [0.2, 0.25) is 0 Å². The van der Waals surface area contributed by atoms with Gasteiger partial charge in [-0.15, -0.1) is 21.8 Å². The topological polar surface area (TPSA) is 30.7 Å². The minimum atomic E-state index is -0.00887. The largest absolute Gasteiger partial charge is 0.308 e. The lowest BCUT2D eigenvalue weighted by atomic mass is 10.0. The zero-order valence-corrected chi connectivity index (χ0v) is 11.7. The van der Waals surface area contributed by atoms with Crippen molar-refractivity contribution >= 4 is 11.6 Å². The number of aromatic nitrogens is 3. The molecule has 0 aromatic carbocycles. The lowest BCUT2D eigenvalue weighted by molar-refractivity contribution is 0.362. The van der Waals surface area contributed by atoms with Crippen LogP contribution in [0.25, 0.3) is 0 Å². The van der Waals surface area contributed by atoms with E-state index >= 15 is 0 Å². The first kappa shape index (κ1) is 13.5. The molecular formula is C12H22ClN3. The van der Waals surface area contributed by atoms with Gasteiger partial charge in [0.1, 0.15) is 11.6 Å². The van der Waals surface area contributed by atoms with Crippen molar-refractivity contribution in [1.29, 1.82) is 0 Å². The molecule has 1 atom stereocenters.